The summed E-state index contributed by atoms with van der Waals surface area (Å²) in [5, 5.41) is 2.96. The van der Waals surface area contributed by atoms with Crippen LogP contribution in [0.4, 0.5) is 5.82 Å². The highest BCUT2D eigenvalue weighted by molar-refractivity contribution is 6.02. The second-order valence-electron chi connectivity index (χ2n) is 6.45. The Labute approximate surface area is 152 Å². The average molecular weight is 356 g/mol. The molecule has 2 N–H and O–H groups in total. The number of ketones is 1. The third kappa shape index (κ3) is 3.62. The molecule has 1 aliphatic heterocycles. The smallest absolute Gasteiger partial charge is 0.253 e. The number of ether oxygens (including phenoxy) is 1. The van der Waals surface area contributed by atoms with Crippen LogP contribution in [0.1, 0.15) is 44.6 Å². The zero-order valence-electron chi connectivity index (χ0n) is 15.4. The van der Waals surface area contributed by atoms with E-state index in [4.69, 9.17) is 4.74 Å². The van der Waals surface area contributed by atoms with Crippen molar-refractivity contribution in [1.82, 2.24) is 15.3 Å². The molecule has 3 rings (SSSR count). The number of anilines is 1. The lowest BCUT2D eigenvalue weighted by Gasteiger charge is -2.29. The molecule has 0 radical (unpaired) electrons. The van der Waals surface area contributed by atoms with Crippen LogP contribution in [0.15, 0.2) is 18.3 Å². The van der Waals surface area contributed by atoms with Gasteiger partial charge >= 0.3 is 0 Å². The Bertz CT molecular complexity index is 822. The molecule has 0 bridgehead atoms. The molecule has 0 saturated carbocycles. The number of nitrogens with zero attached hydrogens (tertiary/aromatic N) is 2. The molecule has 1 aliphatic rings. The Morgan fingerprint density at radius 3 is 2.69 bits per heavy atom. The van der Waals surface area contributed by atoms with Gasteiger partial charge in [-0.05, 0) is 25.5 Å². The Morgan fingerprint density at radius 1 is 1.31 bits per heavy atom. The molecule has 1 saturated heterocycles. The van der Waals surface area contributed by atoms with Crippen LogP contribution in [-0.4, -0.2) is 48.0 Å². The summed E-state index contributed by atoms with van der Waals surface area (Å²) >= 11 is 0. The number of rotatable bonds is 5. The molecule has 26 heavy (non-hydrogen) atoms. The normalized spacial score (nSPS) is 14.3. The van der Waals surface area contributed by atoms with Crippen molar-refractivity contribution in [3.8, 4) is 0 Å². The van der Waals surface area contributed by atoms with Crippen molar-refractivity contribution < 1.29 is 14.3 Å². The molecular weight excluding hydrogens is 332 g/mol. The van der Waals surface area contributed by atoms with E-state index in [1.165, 1.54) is 6.92 Å². The number of amides is 1. The van der Waals surface area contributed by atoms with E-state index in [2.05, 4.69) is 20.2 Å². The summed E-state index contributed by atoms with van der Waals surface area (Å²) in [7, 11) is 0. The summed E-state index contributed by atoms with van der Waals surface area (Å²) in [6.45, 7) is 8.39. The lowest BCUT2D eigenvalue weighted by Crippen LogP contribution is -2.37. The molecular formula is C19H24N4O3. The highest BCUT2D eigenvalue weighted by atomic mass is 16.5. The fourth-order valence-electron chi connectivity index (χ4n) is 3.33. The molecule has 2 aromatic heterocycles. The van der Waals surface area contributed by atoms with Crippen LogP contribution in [0, 0.1) is 13.8 Å². The molecule has 0 unspecified atom stereocenters. The van der Waals surface area contributed by atoms with Crippen molar-refractivity contribution in [3.05, 3.63) is 46.4 Å². The summed E-state index contributed by atoms with van der Waals surface area (Å²) in [6, 6.07) is 3.84. The standard InChI is InChI=1S/C19H24N4O3/c1-12-16(13(2)22-17(12)14(3)24)19(25)21-11-15-5-4-6-20-18(15)23-7-9-26-10-8-23/h4-6,22H,7-11H2,1-3H3,(H,21,25). The number of carbonyl (C=O) groups excluding carboxylic acids is 2. The molecule has 0 aliphatic carbocycles. The van der Waals surface area contributed by atoms with Crippen LogP contribution in [0.2, 0.25) is 0 Å². The Balaban J connectivity index is 1.76. The van der Waals surface area contributed by atoms with Gasteiger partial charge in [0.1, 0.15) is 5.82 Å². The predicted octanol–water partition coefficient (Wildman–Crippen LogP) is 2.00. The average Bonchev–Trinajstić information content (AvgIpc) is 2.95. The zero-order chi connectivity index (χ0) is 18.7. The first kappa shape index (κ1) is 18.1. The minimum atomic E-state index is -0.194. The molecule has 1 fully saturated rings. The number of aromatic nitrogens is 2. The Kier molecular flexibility index (Phi) is 5.37. The summed E-state index contributed by atoms with van der Waals surface area (Å²) in [5.41, 5.74) is 3.37. The second-order valence-corrected chi connectivity index (χ2v) is 6.45. The van der Waals surface area contributed by atoms with Gasteiger partial charge in [0.05, 0.1) is 24.5 Å². The maximum absolute atomic E-state index is 12.7. The third-order valence-corrected chi connectivity index (χ3v) is 4.63. The summed E-state index contributed by atoms with van der Waals surface area (Å²) in [5.74, 6) is 0.607. The van der Waals surface area contributed by atoms with Gasteiger partial charge in [-0.15, -0.1) is 0 Å². The predicted molar refractivity (Wildman–Crippen MR) is 98.7 cm³/mol. The van der Waals surface area contributed by atoms with Crippen molar-refractivity contribution in [2.75, 3.05) is 31.2 Å². The van der Waals surface area contributed by atoms with E-state index in [1.807, 2.05) is 12.1 Å². The maximum atomic E-state index is 12.7. The molecule has 138 valence electrons. The van der Waals surface area contributed by atoms with Crippen molar-refractivity contribution in [2.24, 2.45) is 0 Å². The van der Waals surface area contributed by atoms with Crippen LogP contribution in [0.25, 0.3) is 0 Å². The van der Waals surface area contributed by atoms with E-state index in [1.54, 1.807) is 20.0 Å². The van der Waals surface area contributed by atoms with Crippen LogP contribution in [-0.2, 0) is 11.3 Å². The molecule has 1 amide bonds. The van der Waals surface area contributed by atoms with E-state index in [9.17, 15) is 9.59 Å². The van der Waals surface area contributed by atoms with E-state index in [0.29, 0.717) is 42.3 Å². The number of pyridine rings is 1. The van der Waals surface area contributed by atoms with Crippen LogP contribution in [0.5, 0.6) is 0 Å². The van der Waals surface area contributed by atoms with Gasteiger partial charge in [-0.25, -0.2) is 4.98 Å². The highest BCUT2D eigenvalue weighted by Gasteiger charge is 2.21. The second kappa shape index (κ2) is 7.70. The first-order valence-electron chi connectivity index (χ1n) is 8.74. The van der Waals surface area contributed by atoms with E-state index in [0.717, 1.165) is 24.5 Å². The van der Waals surface area contributed by atoms with Crippen LogP contribution in [0.3, 0.4) is 0 Å². The quantitative estimate of drug-likeness (QED) is 0.800. The first-order valence-corrected chi connectivity index (χ1v) is 8.74. The number of hydrogen-bond acceptors (Lipinski definition) is 5. The molecule has 7 nitrogen and oxygen atoms in total. The van der Waals surface area contributed by atoms with Crippen molar-refractivity contribution >= 4 is 17.5 Å². The van der Waals surface area contributed by atoms with Gasteiger partial charge in [0.2, 0.25) is 0 Å². The first-order chi connectivity index (χ1) is 12.5. The number of aromatic amines is 1. The van der Waals surface area contributed by atoms with Gasteiger partial charge in [-0.3, -0.25) is 9.59 Å². The molecule has 0 atom stereocenters. The topological polar surface area (TPSA) is 87.3 Å². The molecule has 2 aromatic rings. The number of hydrogen-bond donors (Lipinski definition) is 2. The lowest BCUT2D eigenvalue weighted by atomic mass is 10.1. The summed E-state index contributed by atoms with van der Waals surface area (Å²) < 4.78 is 5.39. The highest BCUT2D eigenvalue weighted by Crippen LogP contribution is 2.20. The van der Waals surface area contributed by atoms with E-state index in [-0.39, 0.29) is 11.7 Å². The van der Waals surface area contributed by atoms with Gasteiger partial charge in [-0.2, -0.15) is 0 Å². The van der Waals surface area contributed by atoms with Crippen LogP contribution >= 0.6 is 0 Å². The van der Waals surface area contributed by atoms with Gasteiger partial charge in [0.15, 0.2) is 5.78 Å². The fraction of sp³-hybridized carbons (Fsp3) is 0.421. The largest absolute Gasteiger partial charge is 0.378 e. The number of nitrogens with one attached hydrogen (secondary N) is 2. The molecule has 3 heterocycles. The van der Waals surface area contributed by atoms with E-state index < -0.39 is 0 Å². The minimum absolute atomic E-state index is 0.0773. The van der Waals surface area contributed by atoms with Crippen molar-refractivity contribution in [2.45, 2.75) is 27.3 Å². The van der Waals surface area contributed by atoms with Gasteiger partial charge in [0, 0.05) is 44.0 Å². The molecule has 0 aromatic carbocycles. The van der Waals surface area contributed by atoms with Gasteiger partial charge in [0.25, 0.3) is 5.91 Å². The summed E-state index contributed by atoms with van der Waals surface area (Å²) in [4.78, 5) is 34.0. The molecule has 0 spiro atoms. The van der Waals surface area contributed by atoms with E-state index >= 15 is 0 Å². The fourth-order valence-corrected chi connectivity index (χ4v) is 3.33. The number of Topliss-reactive ketones (excluding diaryl/α,β-unsaturated/α-hetero) is 1. The third-order valence-electron chi connectivity index (χ3n) is 4.63. The summed E-state index contributed by atoms with van der Waals surface area (Å²) in [6.07, 6.45) is 1.76. The SMILES string of the molecule is CC(=O)c1[nH]c(C)c(C(=O)NCc2cccnc2N2CCOCC2)c1C. The van der Waals surface area contributed by atoms with Gasteiger partial charge < -0.3 is 19.9 Å². The minimum Gasteiger partial charge on any atom is -0.378 e. The van der Waals surface area contributed by atoms with Crippen molar-refractivity contribution in [1.29, 1.82) is 0 Å². The Morgan fingerprint density at radius 2 is 2.04 bits per heavy atom. The molecule has 7 heteroatoms. The van der Waals surface area contributed by atoms with Crippen molar-refractivity contribution in [3.63, 3.8) is 0 Å². The number of carbonyl (C=O) groups is 2. The maximum Gasteiger partial charge on any atom is 0.253 e. The number of morpholine rings is 1. The Hall–Kier alpha value is -2.67. The van der Waals surface area contributed by atoms with Gasteiger partial charge in [-0.1, -0.05) is 6.07 Å². The number of H-pyrrole nitrogens is 1. The number of aryl methyl sites for hydroxylation is 1. The van der Waals surface area contributed by atoms with Crippen LogP contribution < -0.4 is 10.2 Å². The lowest BCUT2D eigenvalue weighted by molar-refractivity contribution is 0.0949. The zero-order valence-corrected chi connectivity index (χ0v) is 15.4. The monoisotopic (exact) mass is 356 g/mol.